The third-order valence-corrected chi connectivity index (χ3v) is 5.59. The quantitative estimate of drug-likeness (QED) is 0.791. The predicted molar refractivity (Wildman–Crippen MR) is 111 cm³/mol. The van der Waals surface area contributed by atoms with E-state index in [-0.39, 0.29) is 5.91 Å². The van der Waals surface area contributed by atoms with Gasteiger partial charge in [-0.3, -0.25) is 15.1 Å². The molecule has 1 amide bonds. The number of hydrogen-bond donors (Lipinski definition) is 1. The van der Waals surface area contributed by atoms with Crippen LogP contribution in [0.15, 0.2) is 58.6 Å². The Kier molecular flexibility index (Phi) is 5.34. The topological polar surface area (TPSA) is 66.3 Å². The van der Waals surface area contributed by atoms with Crippen LogP contribution >= 0.6 is 11.8 Å². The summed E-state index contributed by atoms with van der Waals surface area (Å²) in [6.45, 7) is 2.15. The van der Waals surface area contributed by atoms with E-state index in [1.54, 1.807) is 23.9 Å². The number of hydrogen-bond acceptors (Lipinski definition) is 6. The van der Waals surface area contributed by atoms with Crippen LogP contribution in [0, 0.1) is 0 Å². The lowest BCUT2D eigenvalue weighted by Gasteiger charge is -2.34. The lowest BCUT2D eigenvalue weighted by molar-refractivity contribution is -0.116. The molecule has 0 saturated carbocycles. The molecule has 0 aromatic heterocycles. The van der Waals surface area contributed by atoms with Crippen molar-refractivity contribution in [2.24, 2.45) is 10.1 Å². The number of amides is 1. The maximum absolute atomic E-state index is 13.0. The van der Waals surface area contributed by atoms with Gasteiger partial charge >= 0.3 is 0 Å². The number of nitrogens with zero attached hydrogens (tertiary/aromatic N) is 3. The largest absolute Gasteiger partial charge is 0.497 e. The van der Waals surface area contributed by atoms with Crippen molar-refractivity contribution in [1.29, 1.82) is 0 Å². The highest BCUT2D eigenvalue weighted by atomic mass is 32.2. The van der Waals surface area contributed by atoms with Crippen LogP contribution in [0.1, 0.15) is 31.5 Å². The van der Waals surface area contributed by atoms with Crippen molar-refractivity contribution >= 4 is 28.5 Å². The van der Waals surface area contributed by atoms with Gasteiger partial charge in [0.25, 0.3) is 5.91 Å². The van der Waals surface area contributed by atoms with E-state index in [1.807, 2.05) is 48.5 Å². The number of rotatable bonds is 5. The summed E-state index contributed by atoms with van der Waals surface area (Å²) in [5.41, 5.74) is 1.45. The number of thioether (sulfide) groups is 1. The van der Waals surface area contributed by atoms with E-state index in [9.17, 15) is 4.79 Å². The predicted octanol–water partition coefficient (Wildman–Crippen LogP) is 2.37. The van der Waals surface area contributed by atoms with Crippen molar-refractivity contribution in [3.05, 3.63) is 64.7 Å². The molecular weight excluding hydrogens is 372 g/mol. The zero-order valence-corrected chi connectivity index (χ0v) is 16.7. The fourth-order valence-electron chi connectivity index (χ4n) is 3.22. The highest BCUT2D eigenvalue weighted by molar-refractivity contribution is 8.13. The van der Waals surface area contributed by atoms with Crippen LogP contribution < -0.4 is 20.6 Å². The second-order valence-electron chi connectivity index (χ2n) is 6.55. The normalized spacial score (nSPS) is 17.9. The maximum atomic E-state index is 13.0. The second kappa shape index (κ2) is 8.06. The van der Waals surface area contributed by atoms with Crippen LogP contribution in [0.2, 0.25) is 0 Å². The zero-order valence-electron chi connectivity index (χ0n) is 15.9. The number of unbranched alkanes of at least 4 members (excludes halogenated alkanes) is 1. The number of benzene rings is 2. The molecule has 1 atom stereocenters. The summed E-state index contributed by atoms with van der Waals surface area (Å²) < 4.78 is 5.37. The monoisotopic (exact) mass is 394 g/mol. The lowest BCUT2D eigenvalue weighted by atomic mass is 10.1. The highest BCUT2D eigenvalue weighted by Gasteiger charge is 2.34. The van der Waals surface area contributed by atoms with Gasteiger partial charge in [0.05, 0.1) is 12.5 Å². The fraction of sp³-hybridized carbons (Fsp3) is 0.286. The molecule has 0 saturated heterocycles. The van der Waals surface area contributed by atoms with Crippen molar-refractivity contribution in [3.63, 3.8) is 0 Å². The molecule has 0 spiro atoms. The van der Waals surface area contributed by atoms with Gasteiger partial charge in [0, 0.05) is 16.5 Å². The molecule has 1 N–H and O–H groups in total. The molecule has 2 heterocycles. The number of carbonyl (C=O) groups excluding carboxylic acids is 1. The molecular formula is C21H22N4O2S. The summed E-state index contributed by atoms with van der Waals surface area (Å²) in [5.74, 6) is 1.51. The second-order valence-corrected chi connectivity index (χ2v) is 7.63. The Balaban J connectivity index is 1.83. The van der Waals surface area contributed by atoms with Gasteiger partial charge in [-0.2, -0.15) is 0 Å². The molecule has 2 aromatic rings. The molecule has 0 unspecified atom stereocenters. The van der Waals surface area contributed by atoms with Crippen molar-refractivity contribution < 1.29 is 9.53 Å². The minimum atomic E-state index is -0.423. The Bertz CT molecular complexity index is 1050. The minimum absolute atomic E-state index is 0.149. The molecule has 2 aliphatic heterocycles. The molecule has 28 heavy (non-hydrogen) atoms. The van der Waals surface area contributed by atoms with Crippen LogP contribution in [-0.4, -0.2) is 28.9 Å². The molecule has 0 aliphatic carbocycles. The molecule has 0 fully saturated rings. The molecule has 0 radical (unpaired) electrons. The van der Waals surface area contributed by atoms with Gasteiger partial charge in [-0.15, -0.1) is 5.10 Å². The Morgan fingerprint density at radius 1 is 1.21 bits per heavy atom. The Labute approximate surface area is 168 Å². The summed E-state index contributed by atoms with van der Waals surface area (Å²) in [7, 11) is 1.64. The van der Waals surface area contributed by atoms with E-state index in [1.165, 1.54) is 0 Å². The van der Waals surface area contributed by atoms with E-state index in [0.29, 0.717) is 10.9 Å². The summed E-state index contributed by atoms with van der Waals surface area (Å²) in [5, 5.41) is 11.6. The van der Waals surface area contributed by atoms with Crippen molar-refractivity contribution in [2.75, 3.05) is 12.9 Å². The first-order valence-corrected chi connectivity index (χ1v) is 10.3. The molecule has 7 heteroatoms. The standard InChI is InChI=1S/C21H22N4O2S/c1-3-4-12-28-21-23-20(26)18-16-10-5-6-11-17(16)22-19(25(18)24-21)14-8-7-9-15(13-14)27-2/h5-11,13,19H,3-4,12H2,1-2H3,(H,23,24,26)/t19-/m1/s1. The molecule has 4 rings (SSSR count). The number of carbonyl (C=O) groups is 1. The average molecular weight is 395 g/mol. The number of nitrogens with one attached hydrogen (secondary N) is 1. The zero-order chi connectivity index (χ0) is 19.5. The fourth-order valence-corrected chi connectivity index (χ4v) is 4.16. The van der Waals surface area contributed by atoms with E-state index >= 15 is 0 Å². The Morgan fingerprint density at radius 3 is 2.89 bits per heavy atom. The maximum Gasteiger partial charge on any atom is 0.276 e. The van der Waals surface area contributed by atoms with Crippen LogP contribution in [0.5, 0.6) is 5.75 Å². The summed E-state index contributed by atoms with van der Waals surface area (Å²) >= 11 is 1.56. The van der Waals surface area contributed by atoms with Crippen LogP contribution in [0.4, 0.5) is 0 Å². The van der Waals surface area contributed by atoms with Crippen molar-refractivity contribution in [3.8, 4) is 5.75 Å². The van der Waals surface area contributed by atoms with Crippen LogP contribution in [0.3, 0.4) is 0 Å². The van der Waals surface area contributed by atoms with E-state index in [0.717, 1.165) is 40.5 Å². The number of hydrazone groups is 1. The van der Waals surface area contributed by atoms with E-state index in [2.05, 4.69) is 12.2 Å². The average Bonchev–Trinajstić information content (AvgIpc) is 2.73. The van der Waals surface area contributed by atoms with Gasteiger partial charge < -0.3 is 4.74 Å². The smallest absolute Gasteiger partial charge is 0.276 e. The van der Waals surface area contributed by atoms with Crippen LogP contribution in [0.25, 0.3) is 5.70 Å². The Hall–Kier alpha value is -2.80. The summed E-state index contributed by atoms with van der Waals surface area (Å²) in [6, 6.07) is 15.4. The van der Waals surface area contributed by atoms with Crippen LogP contribution in [-0.2, 0) is 4.79 Å². The Morgan fingerprint density at radius 2 is 2.07 bits per heavy atom. The number of ether oxygens (including phenoxy) is 1. The molecule has 6 nitrogen and oxygen atoms in total. The summed E-state index contributed by atoms with van der Waals surface area (Å²) in [4.78, 5) is 17.9. The third kappa shape index (κ3) is 3.49. The van der Waals surface area contributed by atoms with Gasteiger partial charge in [0.1, 0.15) is 11.4 Å². The van der Waals surface area contributed by atoms with Gasteiger partial charge in [0.15, 0.2) is 11.3 Å². The lowest BCUT2D eigenvalue weighted by Crippen LogP contribution is -2.50. The minimum Gasteiger partial charge on any atom is -0.497 e. The first-order chi connectivity index (χ1) is 13.7. The van der Waals surface area contributed by atoms with Gasteiger partial charge in [-0.05, 0) is 24.6 Å². The molecule has 2 aromatic carbocycles. The van der Waals surface area contributed by atoms with Crippen molar-refractivity contribution in [1.82, 2.24) is 10.3 Å². The van der Waals surface area contributed by atoms with Crippen molar-refractivity contribution in [2.45, 2.75) is 25.9 Å². The molecule has 0 bridgehead atoms. The SMILES string of the molecule is CCCCSC1=NN2C(=c3ccccc3=N[C@H]2c2cccc(OC)c2)C(=O)N1. The molecule has 144 valence electrons. The highest BCUT2D eigenvalue weighted by Crippen LogP contribution is 2.32. The van der Waals surface area contributed by atoms with Gasteiger partial charge in [0.2, 0.25) is 0 Å². The van der Waals surface area contributed by atoms with E-state index in [4.69, 9.17) is 14.8 Å². The van der Waals surface area contributed by atoms with E-state index < -0.39 is 6.17 Å². The number of amidine groups is 1. The number of fused-ring (bicyclic) bond motifs is 2. The number of para-hydroxylation sites is 1. The summed E-state index contributed by atoms with van der Waals surface area (Å²) in [6.07, 6.45) is 1.75. The van der Waals surface area contributed by atoms with Gasteiger partial charge in [-0.25, -0.2) is 5.01 Å². The molecule has 2 aliphatic rings. The first-order valence-electron chi connectivity index (χ1n) is 9.34. The third-order valence-electron chi connectivity index (χ3n) is 4.64. The first kappa shape index (κ1) is 18.6. The van der Waals surface area contributed by atoms with Gasteiger partial charge in [-0.1, -0.05) is 55.4 Å². The number of methoxy groups -OCH3 is 1.